The van der Waals surface area contributed by atoms with E-state index in [4.69, 9.17) is 16.0 Å². The van der Waals surface area contributed by atoms with Gasteiger partial charge in [-0.15, -0.1) is 11.3 Å². The van der Waals surface area contributed by atoms with Gasteiger partial charge in [0.25, 0.3) is 5.91 Å². The molecule has 0 aliphatic heterocycles. The van der Waals surface area contributed by atoms with Gasteiger partial charge < -0.3 is 9.73 Å². The summed E-state index contributed by atoms with van der Waals surface area (Å²) in [5.74, 6) is 0.856. The number of rotatable bonds is 6. The number of thiophene rings is 1. The van der Waals surface area contributed by atoms with Crippen molar-refractivity contribution in [2.45, 2.75) is 0 Å². The molecule has 0 aliphatic rings. The zero-order valence-corrected chi connectivity index (χ0v) is 17.2. The summed E-state index contributed by atoms with van der Waals surface area (Å²) in [6.45, 7) is 0. The minimum Gasteiger partial charge on any atom is -0.457 e. The van der Waals surface area contributed by atoms with Crippen molar-refractivity contribution in [2.75, 3.05) is 5.32 Å². The van der Waals surface area contributed by atoms with Gasteiger partial charge in [-0.2, -0.15) is 0 Å². The Morgan fingerprint density at radius 1 is 0.933 bits per heavy atom. The molecule has 0 saturated carbocycles. The molecule has 0 bridgehead atoms. The number of carbonyl (C=O) groups is 2. The number of benzene rings is 2. The van der Waals surface area contributed by atoms with Crippen LogP contribution < -0.4 is 5.32 Å². The van der Waals surface area contributed by atoms with Crippen LogP contribution in [0.4, 0.5) is 5.69 Å². The standard InChI is InChI=1S/C24H16ClNO3S/c25-20-5-2-1-4-19(20)22-14-12-18(29-22)11-13-21(27)16-7-9-17(10-8-16)26-24(28)23-6-3-15-30-23/h1-15H,(H,26,28)/b13-11+. The largest absolute Gasteiger partial charge is 0.457 e. The van der Waals surface area contributed by atoms with Crippen LogP contribution in [0, 0.1) is 0 Å². The molecule has 30 heavy (non-hydrogen) atoms. The summed E-state index contributed by atoms with van der Waals surface area (Å²) in [5.41, 5.74) is 1.94. The van der Waals surface area contributed by atoms with Crippen LogP contribution in [0.2, 0.25) is 5.02 Å². The van der Waals surface area contributed by atoms with Crippen molar-refractivity contribution in [2.24, 2.45) is 0 Å². The van der Waals surface area contributed by atoms with Gasteiger partial charge in [-0.25, -0.2) is 0 Å². The first-order valence-corrected chi connectivity index (χ1v) is 10.4. The first-order valence-electron chi connectivity index (χ1n) is 9.12. The topological polar surface area (TPSA) is 59.3 Å². The fourth-order valence-corrected chi connectivity index (χ4v) is 3.67. The van der Waals surface area contributed by atoms with Crippen LogP contribution in [-0.2, 0) is 0 Å². The maximum absolute atomic E-state index is 12.4. The lowest BCUT2D eigenvalue weighted by atomic mass is 10.1. The van der Waals surface area contributed by atoms with Gasteiger partial charge in [-0.3, -0.25) is 9.59 Å². The van der Waals surface area contributed by atoms with E-state index in [2.05, 4.69) is 5.32 Å². The molecule has 0 atom stereocenters. The highest BCUT2D eigenvalue weighted by Crippen LogP contribution is 2.29. The number of nitrogens with one attached hydrogen (secondary N) is 1. The van der Waals surface area contributed by atoms with E-state index < -0.39 is 0 Å². The lowest BCUT2D eigenvalue weighted by molar-refractivity contribution is 0.102. The van der Waals surface area contributed by atoms with Crippen LogP contribution in [0.1, 0.15) is 25.8 Å². The molecule has 0 fully saturated rings. The Labute approximate surface area is 182 Å². The predicted octanol–water partition coefficient (Wildman–Crippen LogP) is 6.81. The summed E-state index contributed by atoms with van der Waals surface area (Å²) in [7, 11) is 0. The van der Waals surface area contributed by atoms with Gasteiger partial charge in [0.05, 0.1) is 9.90 Å². The lowest BCUT2D eigenvalue weighted by Crippen LogP contribution is -2.10. The lowest BCUT2D eigenvalue weighted by Gasteiger charge is -2.04. The summed E-state index contributed by atoms with van der Waals surface area (Å²) in [5, 5.41) is 5.26. The Bertz CT molecular complexity index is 1210. The molecular formula is C24H16ClNO3S. The molecule has 0 saturated heterocycles. The quantitative estimate of drug-likeness (QED) is 0.268. The van der Waals surface area contributed by atoms with Crippen LogP contribution in [0.25, 0.3) is 17.4 Å². The first-order chi connectivity index (χ1) is 14.6. The zero-order chi connectivity index (χ0) is 20.9. The van der Waals surface area contributed by atoms with Crippen molar-refractivity contribution >= 4 is 46.4 Å². The number of allylic oxidation sites excluding steroid dienone is 1. The van der Waals surface area contributed by atoms with Gasteiger partial charge in [0.1, 0.15) is 11.5 Å². The smallest absolute Gasteiger partial charge is 0.265 e. The SMILES string of the molecule is O=C(/C=C/c1ccc(-c2ccccc2Cl)o1)c1ccc(NC(=O)c2cccs2)cc1. The summed E-state index contributed by atoms with van der Waals surface area (Å²) in [6.07, 6.45) is 3.07. The van der Waals surface area contributed by atoms with Crippen molar-refractivity contribution in [3.63, 3.8) is 0 Å². The van der Waals surface area contributed by atoms with Crippen LogP contribution in [-0.4, -0.2) is 11.7 Å². The molecule has 2 aromatic heterocycles. The van der Waals surface area contributed by atoms with Crippen molar-refractivity contribution < 1.29 is 14.0 Å². The predicted molar refractivity (Wildman–Crippen MR) is 121 cm³/mol. The molecule has 1 amide bonds. The number of anilines is 1. The van der Waals surface area contributed by atoms with Gasteiger partial charge in [-0.1, -0.05) is 29.8 Å². The molecule has 4 aromatic rings. The maximum atomic E-state index is 12.4. The number of amides is 1. The zero-order valence-electron chi connectivity index (χ0n) is 15.7. The second-order valence-electron chi connectivity index (χ2n) is 6.39. The highest BCUT2D eigenvalue weighted by Gasteiger charge is 2.09. The Morgan fingerprint density at radius 2 is 1.73 bits per heavy atom. The number of halogens is 1. The Kier molecular flexibility index (Phi) is 5.93. The minimum atomic E-state index is -0.170. The normalized spacial score (nSPS) is 11.0. The first kappa shape index (κ1) is 19.9. The molecule has 2 aromatic carbocycles. The average Bonchev–Trinajstić information content (AvgIpc) is 3.45. The van der Waals surface area contributed by atoms with E-state index in [0.29, 0.717) is 32.7 Å². The molecule has 0 unspecified atom stereocenters. The van der Waals surface area contributed by atoms with Gasteiger partial charge in [0.15, 0.2) is 5.78 Å². The van der Waals surface area contributed by atoms with Crippen molar-refractivity contribution in [3.8, 4) is 11.3 Å². The molecule has 6 heteroatoms. The van der Waals surface area contributed by atoms with E-state index in [1.807, 2.05) is 35.7 Å². The molecule has 4 rings (SSSR count). The maximum Gasteiger partial charge on any atom is 0.265 e. The van der Waals surface area contributed by atoms with E-state index in [9.17, 15) is 9.59 Å². The van der Waals surface area contributed by atoms with Gasteiger partial charge in [0.2, 0.25) is 0 Å². The summed E-state index contributed by atoms with van der Waals surface area (Å²) >= 11 is 7.56. The molecule has 0 spiro atoms. The Morgan fingerprint density at radius 3 is 2.47 bits per heavy atom. The minimum absolute atomic E-state index is 0.165. The van der Waals surface area contributed by atoms with E-state index in [1.54, 1.807) is 48.5 Å². The van der Waals surface area contributed by atoms with Crippen LogP contribution in [0.5, 0.6) is 0 Å². The second kappa shape index (κ2) is 8.95. The van der Waals surface area contributed by atoms with E-state index in [0.717, 1.165) is 5.56 Å². The third-order valence-corrected chi connectivity index (χ3v) is 5.54. The number of ketones is 1. The Hall–Kier alpha value is -3.41. The number of hydrogen-bond acceptors (Lipinski definition) is 4. The highest BCUT2D eigenvalue weighted by atomic mass is 35.5. The van der Waals surface area contributed by atoms with E-state index in [1.165, 1.54) is 17.4 Å². The van der Waals surface area contributed by atoms with Crippen LogP contribution in [0.15, 0.2) is 88.7 Å². The number of carbonyl (C=O) groups excluding carboxylic acids is 2. The average molecular weight is 434 g/mol. The fourth-order valence-electron chi connectivity index (χ4n) is 2.82. The highest BCUT2D eigenvalue weighted by molar-refractivity contribution is 7.12. The van der Waals surface area contributed by atoms with Crippen LogP contribution in [0.3, 0.4) is 0 Å². The van der Waals surface area contributed by atoms with Crippen molar-refractivity contribution in [1.82, 2.24) is 0 Å². The van der Waals surface area contributed by atoms with E-state index in [-0.39, 0.29) is 11.7 Å². The monoisotopic (exact) mass is 433 g/mol. The number of furan rings is 1. The summed E-state index contributed by atoms with van der Waals surface area (Å²) in [4.78, 5) is 25.1. The molecule has 0 radical (unpaired) electrons. The van der Waals surface area contributed by atoms with Gasteiger partial charge in [0, 0.05) is 16.8 Å². The summed E-state index contributed by atoms with van der Waals surface area (Å²) in [6, 6.07) is 21.3. The number of hydrogen-bond donors (Lipinski definition) is 1. The molecule has 4 nitrogen and oxygen atoms in total. The summed E-state index contributed by atoms with van der Waals surface area (Å²) < 4.78 is 5.77. The third-order valence-electron chi connectivity index (χ3n) is 4.34. The molecule has 148 valence electrons. The van der Waals surface area contributed by atoms with Gasteiger partial charge in [-0.05, 0) is 72.1 Å². The molecular weight excluding hydrogens is 418 g/mol. The molecule has 2 heterocycles. The second-order valence-corrected chi connectivity index (χ2v) is 7.74. The van der Waals surface area contributed by atoms with Crippen molar-refractivity contribution in [1.29, 1.82) is 0 Å². The van der Waals surface area contributed by atoms with Gasteiger partial charge >= 0.3 is 0 Å². The third kappa shape index (κ3) is 4.59. The Balaban J connectivity index is 1.41. The molecule has 1 N–H and O–H groups in total. The molecule has 0 aliphatic carbocycles. The van der Waals surface area contributed by atoms with Crippen molar-refractivity contribution in [3.05, 3.63) is 105 Å². The van der Waals surface area contributed by atoms with E-state index >= 15 is 0 Å². The fraction of sp³-hybridized carbons (Fsp3) is 0. The van der Waals surface area contributed by atoms with Crippen LogP contribution >= 0.6 is 22.9 Å².